The Balaban J connectivity index is 1.86. The predicted molar refractivity (Wildman–Crippen MR) is 99.6 cm³/mol. The smallest absolute Gasteiger partial charge is 0.416 e. The maximum atomic E-state index is 12.9. The SMILES string of the molecule is COC(=O)c1sccc1NC(=O)[C@@H]1C(=O)N(C)C[C@H]1c1ccc(C(F)(F)F)cc1. The largest absolute Gasteiger partial charge is 0.465 e. The number of benzene rings is 1. The van der Waals surface area contributed by atoms with Gasteiger partial charge in [0.2, 0.25) is 11.8 Å². The van der Waals surface area contributed by atoms with Crippen molar-refractivity contribution in [1.29, 1.82) is 0 Å². The minimum absolute atomic E-state index is 0.186. The van der Waals surface area contributed by atoms with Crippen LogP contribution in [0.1, 0.15) is 26.7 Å². The van der Waals surface area contributed by atoms with Gasteiger partial charge in [-0.1, -0.05) is 12.1 Å². The number of ether oxygens (including phenoxy) is 1. The summed E-state index contributed by atoms with van der Waals surface area (Å²) in [7, 11) is 2.74. The minimum atomic E-state index is -4.47. The standard InChI is InChI=1S/C19H17F3N2O4S/c1-24-9-12(10-3-5-11(6-4-10)19(20,21)22)14(17(24)26)16(25)23-13-7-8-29-15(13)18(27)28-2/h3-8,12,14H,9H2,1-2H3,(H,23,25)/t12-,14+/m0/s1. The number of halogens is 3. The molecule has 154 valence electrons. The molecule has 2 heterocycles. The van der Waals surface area contributed by atoms with Gasteiger partial charge in [0, 0.05) is 19.5 Å². The number of anilines is 1. The summed E-state index contributed by atoms with van der Waals surface area (Å²) in [6.07, 6.45) is -4.47. The number of hydrogen-bond donors (Lipinski definition) is 1. The molecule has 6 nitrogen and oxygen atoms in total. The number of hydrogen-bond acceptors (Lipinski definition) is 5. The van der Waals surface area contributed by atoms with Gasteiger partial charge in [-0.25, -0.2) is 4.79 Å². The molecule has 0 radical (unpaired) electrons. The number of thiophene rings is 1. The predicted octanol–water partition coefficient (Wildman–Crippen LogP) is 3.36. The maximum absolute atomic E-state index is 12.9. The van der Waals surface area contributed by atoms with Crippen molar-refractivity contribution in [2.45, 2.75) is 12.1 Å². The lowest BCUT2D eigenvalue weighted by Gasteiger charge is -2.17. The fourth-order valence-corrected chi connectivity index (χ4v) is 4.05. The van der Waals surface area contributed by atoms with E-state index in [2.05, 4.69) is 10.1 Å². The number of nitrogens with zero attached hydrogens (tertiary/aromatic N) is 1. The molecule has 2 amide bonds. The highest BCUT2D eigenvalue weighted by atomic mass is 32.1. The average molecular weight is 426 g/mol. The normalized spacial score (nSPS) is 19.3. The minimum Gasteiger partial charge on any atom is -0.465 e. The molecular formula is C19H17F3N2O4S. The first-order valence-corrected chi connectivity index (χ1v) is 9.40. The van der Waals surface area contributed by atoms with Gasteiger partial charge in [-0.05, 0) is 29.1 Å². The van der Waals surface area contributed by atoms with Crippen molar-refractivity contribution in [2.75, 3.05) is 26.0 Å². The van der Waals surface area contributed by atoms with Crippen LogP contribution < -0.4 is 5.32 Å². The van der Waals surface area contributed by atoms with Crippen molar-refractivity contribution in [3.05, 3.63) is 51.7 Å². The molecule has 1 aliphatic rings. The Morgan fingerprint density at radius 2 is 1.86 bits per heavy atom. The Kier molecular flexibility index (Phi) is 5.65. The molecule has 0 bridgehead atoms. The zero-order chi connectivity index (χ0) is 21.3. The molecule has 1 N–H and O–H groups in total. The molecular weight excluding hydrogens is 409 g/mol. The van der Waals surface area contributed by atoms with Crippen LogP contribution >= 0.6 is 11.3 Å². The number of carbonyl (C=O) groups is 3. The van der Waals surface area contributed by atoms with Crippen LogP contribution in [0.4, 0.5) is 18.9 Å². The van der Waals surface area contributed by atoms with E-state index in [0.29, 0.717) is 5.56 Å². The summed E-state index contributed by atoms with van der Waals surface area (Å²) in [5, 5.41) is 4.17. The molecule has 0 unspecified atom stereocenters. The van der Waals surface area contributed by atoms with Gasteiger partial charge in [0.15, 0.2) is 0 Å². The van der Waals surface area contributed by atoms with E-state index in [9.17, 15) is 27.6 Å². The monoisotopic (exact) mass is 426 g/mol. The summed E-state index contributed by atoms with van der Waals surface area (Å²) in [6, 6.07) is 5.95. The van der Waals surface area contributed by atoms with Crippen molar-refractivity contribution in [3.63, 3.8) is 0 Å². The van der Waals surface area contributed by atoms with Crippen LogP contribution in [0.5, 0.6) is 0 Å². The number of alkyl halides is 3. The number of nitrogens with one attached hydrogen (secondary N) is 1. The van der Waals surface area contributed by atoms with Gasteiger partial charge in [0.1, 0.15) is 10.8 Å². The second kappa shape index (κ2) is 7.86. The molecule has 1 aromatic heterocycles. The lowest BCUT2D eigenvalue weighted by molar-refractivity contribution is -0.138. The zero-order valence-electron chi connectivity index (χ0n) is 15.4. The Morgan fingerprint density at radius 1 is 1.21 bits per heavy atom. The summed E-state index contributed by atoms with van der Waals surface area (Å²) in [5.41, 5.74) is -0.129. The van der Waals surface area contributed by atoms with E-state index in [0.717, 1.165) is 23.5 Å². The van der Waals surface area contributed by atoms with Crippen LogP contribution in [-0.2, 0) is 20.5 Å². The number of methoxy groups -OCH3 is 1. The van der Waals surface area contributed by atoms with E-state index in [1.54, 1.807) is 5.38 Å². The van der Waals surface area contributed by atoms with Crippen LogP contribution in [0, 0.1) is 5.92 Å². The fraction of sp³-hybridized carbons (Fsp3) is 0.316. The summed E-state index contributed by atoms with van der Waals surface area (Å²) >= 11 is 1.08. The van der Waals surface area contributed by atoms with Crippen LogP contribution in [0.2, 0.25) is 0 Å². The van der Waals surface area contributed by atoms with E-state index in [-0.39, 0.29) is 17.1 Å². The lowest BCUT2D eigenvalue weighted by Crippen LogP contribution is -2.33. The summed E-state index contributed by atoms with van der Waals surface area (Å²) < 4.78 is 43.1. The van der Waals surface area contributed by atoms with Crippen molar-refractivity contribution >= 4 is 34.8 Å². The van der Waals surface area contributed by atoms with Crippen molar-refractivity contribution in [1.82, 2.24) is 4.90 Å². The maximum Gasteiger partial charge on any atom is 0.416 e. The Labute approximate surface area is 168 Å². The molecule has 0 spiro atoms. The van der Waals surface area contributed by atoms with Crippen molar-refractivity contribution in [3.8, 4) is 0 Å². The zero-order valence-corrected chi connectivity index (χ0v) is 16.3. The third kappa shape index (κ3) is 4.12. The topological polar surface area (TPSA) is 75.7 Å². The van der Waals surface area contributed by atoms with Crippen molar-refractivity contribution in [2.24, 2.45) is 5.92 Å². The van der Waals surface area contributed by atoms with Crippen LogP contribution in [0.15, 0.2) is 35.7 Å². The number of carbonyl (C=O) groups excluding carboxylic acids is 3. The second-order valence-corrected chi connectivity index (χ2v) is 7.48. The Bertz CT molecular complexity index is 940. The number of esters is 1. The van der Waals surface area contributed by atoms with E-state index in [1.165, 1.54) is 37.3 Å². The van der Waals surface area contributed by atoms with E-state index < -0.39 is 41.4 Å². The first-order chi connectivity index (χ1) is 13.6. The molecule has 1 fully saturated rings. The second-order valence-electron chi connectivity index (χ2n) is 6.57. The Hall–Kier alpha value is -2.88. The lowest BCUT2D eigenvalue weighted by atomic mass is 9.87. The Morgan fingerprint density at radius 3 is 2.45 bits per heavy atom. The molecule has 1 aromatic carbocycles. The summed E-state index contributed by atoms with van der Waals surface area (Å²) in [4.78, 5) is 38.7. The molecule has 29 heavy (non-hydrogen) atoms. The molecule has 3 rings (SSSR count). The molecule has 1 saturated heterocycles. The van der Waals surface area contributed by atoms with E-state index >= 15 is 0 Å². The molecule has 2 atom stereocenters. The van der Waals surface area contributed by atoms with Crippen LogP contribution in [0.3, 0.4) is 0 Å². The van der Waals surface area contributed by atoms with Gasteiger partial charge in [0.05, 0.1) is 18.4 Å². The van der Waals surface area contributed by atoms with Gasteiger partial charge in [-0.3, -0.25) is 9.59 Å². The third-order valence-electron chi connectivity index (χ3n) is 4.76. The number of likely N-dealkylation sites (tertiary alicyclic amines) is 1. The van der Waals surface area contributed by atoms with Gasteiger partial charge in [-0.2, -0.15) is 13.2 Å². The third-order valence-corrected chi connectivity index (χ3v) is 5.65. The first kappa shape index (κ1) is 20.8. The van der Waals surface area contributed by atoms with Crippen LogP contribution in [0.25, 0.3) is 0 Å². The van der Waals surface area contributed by atoms with Gasteiger partial charge >= 0.3 is 12.1 Å². The van der Waals surface area contributed by atoms with Crippen LogP contribution in [-0.4, -0.2) is 43.4 Å². The van der Waals surface area contributed by atoms with Gasteiger partial charge in [-0.15, -0.1) is 11.3 Å². The molecule has 2 aromatic rings. The highest BCUT2D eigenvalue weighted by molar-refractivity contribution is 7.12. The highest BCUT2D eigenvalue weighted by Gasteiger charge is 2.44. The quantitative estimate of drug-likeness (QED) is 0.601. The number of amides is 2. The van der Waals surface area contributed by atoms with Crippen molar-refractivity contribution < 1.29 is 32.3 Å². The van der Waals surface area contributed by atoms with E-state index in [4.69, 9.17) is 0 Å². The molecule has 10 heteroatoms. The van der Waals surface area contributed by atoms with Gasteiger partial charge in [0.25, 0.3) is 0 Å². The molecule has 0 aliphatic carbocycles. The van der Waals surface area contributed by atoms with Gasteiger partial charge < -0.3 is 15.0 Å². The summed E-state index contributed by atoms with van der Waals surface area (Å²) in [5.74, 6) is -3.43. The number of likely N-dealkylation sites (N-methyl/N-ethyl adjacent to an activating group) is 1. The van der Waals surface area contributed by atoms with E-state index in [1.807, 2.05) is 0 Å². The average Bonchev–Trinajstić information content (AvgIpc) is 3.25. The summed E-state index contributed by atoms with van der Waals surface area (Å²) in [6.45, 7) is 0.190. The highest BCUT2D eigenvalue weighted by Crippen LogP contribution is 2.36. The number of rotatable bonds is 4. The first-order valence-electron chi connectivity index (χ1n) is 8.52. The molecule has 1 aliphatic heterocycles. The molecule has 0 saturated carbocycles. The fourth-order valence-electron chi connectivity index (χ4n) is 3.28.